The summed E-state index contributed by atoms with van der Waals surface area (Å²) >= 11 is 1.31. The molecule has 0 spiro atoms. The normalized spacial score (nSPS) is 10.9. The highest BCUT2D eigenvalue weighted by atomic mass is 32.2. The van der Waals surface area contributed by atoms with Gasteiger partial charge in [0.05, 0.1) is 11.3 Å². The Morgan fingerprint density at radius 1 is 1.10 bits per heavy atom. The molecule has 0 radical (unpaired) electrons. The Kier molecular flexibility index (Phi) is 8.45. The van der Waals surface area contributed by atoms with Crippen molar-refractivity contribution in [2.24, 2.45) is 0 Å². The van der Waals surface area contributed by atoms with Crippen LogP contribution in [0.1, 0.15) is 29.8 Å². The van der Waals surface area contributed by atoms with E-state index in [0.717, 1.165) is 10.5 Å². The van der Waals surface area contributed by atoms with Crippen LogP contribution in [0.25, 0.3) is 0 Å². The molecule has 0 aliphatic heterocycles. The largest absolute Gasteiger partial charge is 0.435 e. The average molecular weight is 422 g/mol. The Hall–Kier alpha value is -2.61. The van der Waals surface area contributed by atoms with Crippen LogP contribution in [0, 0.1) is 0 Å². The Bertz CT molecular complexity index is 829. The van der Waals surface area contributed by atoms with E-state index in [1.165, 1.54) is 28.8 Å². The number of nitrogens with one attached hydrogen (secondary N) is 1. The van der Waals surface area contributed by atoms with Gasteiger partial charge < -0.3 is 15.0 Å². The Morgan fingerprint density at radius 2 is 1.76 bits per heavy atom. The van der Waals surface area contributed by atoms with Crippen LogP contribution in [0.4, 0.5) is 8.78 Å². The van der Waals surface area contributed by atoms with Crippen LogP contribution in [-0.2, 0) is 11.3 Å². The molecular formula is C21H24F2N2O3S. The molecule has 2 aromatic rings. The second kappa shape index (κ2) is 10.8. The SMILES string of the molecule is CC(C)NC(=O)CSc1ccccc1C(=O)N(C)Cc1ccc(OC(F)F)cc1. The van der Waals surface area contributed by atoms with Crippen LogP contribution in [0.5, 0.6) is 5.75 Å². The number of rotatable bonds is 9. The van der Waals surface area contributed by atoms with Crippen LogP contribution < -0.4 is 10.1 Å². The zero-order valence-electron chi connectivity index (χ0n) is 16.5. The number of nitrogens with zero attached hydrogens (tertiary/aromatic N) is 1. The lowest BCUT2D eigenvalue weighted by molar-refractivity contribution is -0.119. The molecule has 0 aliphatic rings. The standard InChI is InChI=1S/C21H24F2N2O3S/c1-14(2)24-19(26)13-29-18-7-5-4-6-17(18)20(27)25(3)12-15-8-10-16(11-9-15)28-21(22)23/h4-11,14,21H,12-13H2,1-3H3,(H,24,26). The molecule has 2 amide bonds. The lowest BCUT2D eigenvalue weighted by atomic mass is 10.1. The number of alkyl halides is 2. The topological polar surface area (TPSA) is 58.6 Å². The summed E-state index contributed by atoms with van der Waals surface area (Å²) in [5, 5.41) is 2.82. The van der Waals surface area contributed by atoms with Crippen molar-refractivity contribution < 1.29 is 23.1 Å². The van der Waals surface area contributed by atoms with Gasteiger partial charge in [0, 0.05) is 24.5 Å². The first-order valence-corrected chi connectivity index (χ1v) is 10.0. The summed E-state index contributed by atoms with van der Waals surface area (Å²) < 4.78 is 28.8. The molecule has 0 aromatic heterocycles. The molecule has 5 nitrogen and oxygen atoms in total. The summed E-state index contributed by atoms with van der Waals surface area (Å²) in [7, 11) is 1.67. The first kappa shape index (κ1) is 22.7. The van der Waals surface area contributed by atoms with Gasteiger partial charge in [-0.2, -0.15) is 8.78 Å². The second-order valence-electron chi connectivity index (χ2n) is 6.69. The molecule has 2 rings (SSSR count). The molecule has 2 aromatic carbocycles. The van der Waals surface area contributed by atoms with Gasteiger partial charge in [0.25, 0.3) is 5.91 Å². The lowest BCUT2D eigenvalue weighted by Crippen LogP contribution is -2.31. The molecule has 29 heavy (non-hydrogen) atoms. The number of ether oxygens (including phenoxy) is 1. The number of halogens is 2. The van der Waals surface area contributed by atoms with Crippen molar-refractivity contribution in [3.63, 3.8) is 0 Å². The van der Waals surface area contributed by atoms with E-state index < -0.39 is 6.61 Å². The van der Waals surface area contributed by atoms with Gasteiger partial charge in [0.15, 0.2) is 0 Å². The highest BCUT2D eigenvalue weighted by molar-refractivity contribution is 8.00. The quantitative estimate of drug-likeness (QED) is 0.616. The van der Waals surface area contributed by atoms with Gasteiger partial charge in [0.1, 0.15) is 5.75 Å². The fourth-order valence-electron chi connectivity index (χ4n) is 2.60. The van der Waals surface area contributed by atoms with Crippen LogP contribution in [0.15, 0.2) is 53.4 Å². The Balaban J connectivity index is 2.02. The van der Waals surface area contributed by atoms with E-state index in [9.17, 15) is 18.4 Å². The van der Waals surface area contributed by atoms with Crippen molar-refractivity contribution >= 4 is 23.6 Å². The summed E-state index contributed by atoms with van der Waals surface area (Å²) in [6.07, 6.45) is 0. The Labute approximate surface area is 173 Å². The van der Waals surface area contributed by atoms with E-state index in [4.69, 9.17) is 0 Å². The monoisotopic (exact) mass is 422 g/mol. The van der Waals surface area contributed by atoms with Crippen molar-refractivity contribution in [3.8, 4) is 5.75 Å². The molecule has 0 fully saturated rings. The number of benzene rings is 2. The van der Waals surface area contributed by atoms with Gasteiger partial charge in [-0.05, 0) is 43.7 Å². The van der Waals surface area contributed by atoms with Gasteiger partial charge in [0.2, 0.25) is 5.91 Å². The first-order valence-electron chi connectivity index (χ1n) is 9.06. The van der Waals surface area contributed by atoms with E-state index in [2.05, 4.69) is 10.1 Å². The highest BCUT2D eigenvalue weighted by Crippen LogP contribution is 2.24. The fourth-order valence-corrected chi connectivity index (χ4v) is 3.46. The predicted octanol–water partition coefficient (Wildman–Crippen LogP) is 4.18. The summed E-state index contributed by atoms with van der Waals surface area (Å²) in [5.74, 6) is 0.00812. The molecule has 8 heteroatoms. The average Bonchev–Trinajstić information content (AvgIpc) is 2.66. The van der Waals surface area contributed by atoms with Crippen LogP contribution in [0.3, 0.4) is 0 Å². The Morgan fingerprint density at radius 3 is 2.38 bits per heavy atom. The van der Waals surface area contributed by atoms with Crippen molar-refractivity contribution in [1.29, 1.82) is 0 Å². The molecule has 1 N–H and O–H groups in total. The van der Waals surface area contributed by atoms with Crippen molar-refractivity contribution in [1.82, 2.24) is 10.2 Å². The molecule has 0 unspecified atom stereocenters. The number of carbonyl (C=O) groups excluding carboxylic acids is 2. The van der Waals surface area contributed by atoms with Crippen LogP contribution >= 0.6 is 11.8 Å². The van der Waals surface area contributed by atoms with Gasteiger partial charge in [-0.25, -0.2) is 0 Å². The molecule has 156 valence electrons. The third kappa shape index (κ3) is 7.38. The molecule has 0 saturated heterocycles. The first-order chi connectivity index (χ1) is 13.8. The zero-order valence-corrected chi connectivity index (χ0v) is 17.3. The number of amides is 2. The summed E-state index contributed by atoms with van der Waals surface area (Å²) in [5.41, 5.74) is 1.29. The minimum Gasteiger partial charge on any atom is -0.435 e. The number of hydrogen-bond acceptors (Lipinski definition) is 4. The van der Waals surface area contributed by atoms with Gasteiger partial charge in [-0.1, -0.05) is 24.3 Å². The summed E-state index contributed by atoms with van der Waals surface area (Å²) in [4.78, 5) is 27.0. The third-order valence-corrected chi connectivity index (χ3v) is 4.91. The minimum atomic E-state index is -2.87. The lowest BCUT2D eigenvalue weighted by Gasteiger charge is -2.19. The molecule has 0 heterocycles. The van der Waals surface area contributed by atoms with Crippen molar-refractivity contribution in [3.05, 3.63) is 59.7 Å². The highest BCUT2D eigenvalue weighted by Gasteiger charge is 2.17. The van der Waals surface area contributed by atoms with E-state index >= 15 is 0 Å². The van der Waals surface area contributed by atoms with Crippen molar-refractivity contribution in [2.45, 2.75) is 37.9 Å². The second-order valence-corrected chi connectivity index (χ2v) is 7.71. The van der Waals surface area contributed by atoms with E-state index in [1.807, 2.05) is 26.0 Å². The molecule has 0 bridgehead atoms. The number of carbonyl (C=O) groups is 2. The molecule has 0 atom stereocenters. The molecular weight excluding hydrogens is 398 g/mol. The summed E-state index contributed by atoms with van der Waals surface area (Å²) in [6.45, 7) is 1.21. The van der Waals surface area contributed by atoms with Crippen molar-refractivity contribution in [2.75, 3.05) is 12.8 Å². The maximum atomic E-state index is 12.9. The van der Waals surface area contributed by atoms with Gasteiger partial charge in [-0.15, -0.1) is 11.8 Å². The van der Waals surface area contributed by atoms with Gasteiger partial charge >= 0.3 is 6.61 Å². The van der Waals surface area contributed by atoms with E-state index in [-0.39, 0.29) is 29.4 Å². The molecule has 0 saturated carbocycles. The predicted molar refractivity (Wildman–Crippen MR) is 109 cm³/mol. The van der Waals surface area contributed by atoms with Crippen LogP contribution in [-0.4, -0.2) is 42.2 Å². The summed E-state index contributed by atoms with van der Waals surface area (Å²) in [6, 6.07) is 13.3. The molecule has 0 aliphatic carbocycles. The fraction of sp³-hybridized carbons (Fsp3) is 0.333. The van der Waals surface area contributed by atoms with E-state index in [1.54, 1.807) is 31.3 Å². The minimum absolute atomic E-state index is 0.0589. The van der Waals surface area contributed by atoms with Gasteiger partial charge in [-0.3, -0.25) is 9.59 Å². The smallest absolute Gasteiger partial charge is 0.387 e. The maximum Gasteiger partial charge on any atom is 0.387 e. The van der Waals surface area contributed by atoms with Crippen LogP contribution in [0.2, 0.25) is 0 Å². The maximum absolute atomic E-state index is 12.9. The number of thioether (sulfide) groups is 1. The number of hydrogen-bond donors (Lipinski definition) is 1. The third-order valence-electron chi connectivity index (χ3n) is 3.84. The van der Waals surface area contributed by atoms with E-state index in [0.29, 0.717) is 12.1 Å². The zero-order chi connectivity index (χ0) is 21.4.